The second kappa shape index (κ2) is 6.51. The molecule has 0 aromatic carbocycles. The fourth-order valence-corrected chi connectivity index (χ4v) is 4.12. The third kappa shape index (κ3) is 3.56. The molecule has 0 amide bonds. The molecular weight excluding hydrogens is 308 g/mol. The molecule has 1 saturated heterocycles. The first kappa shape index (κ1) is 14.5. The van der Waals surface area contributed by atoms with Gasteiger partial charge in [0.05, 0.1) is 0 Å². The van der Waals surface area contributed by atoms with Crippen LogP contribution in [0.5, 0.6) is 0 Å². The van der Waals surface area contributed by atoms with Crippen LogP contribution in [-0.2, 0) is 6.54 Å². The third-order valence-electron chi connectivity index (χ3n) is 3.78. The van der Waals surface area contributed by atoms with Crippen molar-refractivity contribution in [2.75, 3.05) is 13.1 Å². The van der Waals surface area contributed by atoms with Crippen molar-refractivity contribution in [2.24, 2.45) is 5.92 Å². The summed E-state index contributed by atoms with van der Waals surface area (Å²) in [5.74, 6) is 0.707. The van der Waals surface area contributed by atoms with E-state index in [-0.39, 0.29) is 0 Å². The average Bonchev–Trinajstić information content (AvgIpc) is 2.74. The van der Waals surface area contributed by atoms with Crippen molar-refractivity contribution in [1.82, 2.24) is 10.2 Å². The number of thiophene rings is 1. The molecule has 1 aliphatic heterocycles. The van der Waals surface area contributed by atoms with E-state index in [9.17, 15) is 0 Å². The first-order chi connectivity index (χ1) is 8.60. The van der Waals surface area contributed by atoms with Gasteiger partial charge in [0.25, 0.3) is 0 Å². The maximum Gasteiger partial charge on any atom is 0.0332 e. The van der Waals surface area contributed by atoms with Gasteiger partial charge in [-0.05, 0) is 34.3 Å². The average molecular weight is 331 g/mol. The molecule has 0 aliphatic carbocycles. The summed E-state index contributed by atoms with van der Waals surface area (Å²) in [7, 11) is 0. The summed E-state index contributed by atoms with van der Waals surface area (Å²) >= 11 is 5.40. The zero-order valence-electron chi connectivity index (χ0n) is 11.4. The molecule has 0 bridgehead atoms. The first-order valence-corrected chi connectivity index (χ1v) is 8.47. The van der Waals surface area contributed by atoms with Gasteiger partial charge in [0.2, 0.25) is 0 Å². The fraction of sp³-hybridized carbons (Fsp3) is 0.714. The predicted molar refractivity (Wildman–Crippen MR) is 83.1 cm³/mol. The van der Waals surface area contributed by atoms with Crippen molar-refractivity contribution >= 4 is 27.3 Å². The Labute approximate surface area is 123 Å². The molecule has 2 atom stereocenters. The highest BCUT2D eigenvalue weighted by Gasteiger charge is 2.29. The molecule has 1 aliphatic rings. The Hall–Kier alpha value is 0.1000. The lowest BCUT2D eigenvalue weighted by atomic mass is 9.97. The molecule has 1 aromatic rings. The summed E-state index contributed by atoms with van der Waals surface area (Å²) in [6.07, 6.45) is 1.22. The molecule has 0 spiro atoms. The molecule has 2 nitrogen and oxygen atoms in total. The Balaban J connectivity index is 2.04. The van der Waals surface area contributed by atoms with Gasteiger partial charge in [-0.25, -0.2) is 0 Å². The fourth-order valence-electron chi connectivity index (χ4n) is 2.65. The van der Waals surface area contributed by atoms with E-state index in [0.29, 0.717) is 18.0 Å². The van der Waals surface area contributed by atoms with Gasteiger partial charge in [0.1, 0.15) is 0 Å². The van der Waals surface area contributed by atoms with Gasteiger partial charge in [0, 0.05) is 46.4 Å². The van der Waals surface area contributed by atoms with Gasteiger partial charge in [0.15, 0.2) is 0 Å². The normalized spacial score (nSPS) is 25.8. The number of halogens is 1. The van der Waals surface area contributed by atoms with Crippen molar-refractivity contribution in [3.63, 3.8) is 0 Å². The highest BCUT2D eigenvalue weighted by molar-refractivity contribution is 9.10. The van der Waals surface area contributed by atoms with Crippen molar-refractivity contribution in [3.8, 4) is 0 Å². The predicted octanol–water partition coefficient (Wildman–Crippen LogP) is 3.72. The molecule has 1 fully saturated rings. The molecule has 0 saturated carbocycles. The van der Waals surface area contributed by atoms with E-state index in [2.05, 4.69) is 58.4 Å². The molecular formula is C14H23BrN2S. The van der Waals surface area contributed by atoms with Crippen LogP contribution in [0.2, 0.25) is 0 Å². The largest absolute Gasteiger partial charge is 0.311 e. The van der Waals surface area contributed by atoms with Crippen molar-refractivity contribution in [3.05, 3.63) is 20.8 Å². The lowest BCUT2D eigenvalue weighted by Gasteiger charge is -2.42. The van der Waals surface area contributed by atoms with Gasteiger partial charge < -0.3 is 5.32 Å². The summed E-state index contributed by atoms with van der Waals surface area (Å²) in [4.78, 5) is 4.12. The Kier molecular flexibility index (Phi) is 5.24. The SMILES string of the molecule is CCC1CN(Cc2cc(Br)cs2)C(C(C)C)CN1. The highest BCUT2D eigenvalue weighted by Crippen LogP contribution is 2.24. The summed E-state index contributed by atoms with van der Waals surface area (Å²) in [5.41, 5.74) is 0. The second-order valence-electron chi connectivity index (χ2n) is 5.49. The number of piperazine rings is 1. The molecule has 0 radical (unpaired) electrons. The summed E-state index contributed by atoms with van der Waals surface area (Å²) < 4.78 is 1.21. The van der Waals surface area contributed by atoms with Gasteiger partial charge in [-0.1, -0.05) is 20.8 Å². The van der Waals surface area contributed by atoms with Crippen LogP contribution in [0.1, 0.15) is 32.1 Å². The molecule has 102 valence electrons. The van der Waals surface area contributed by atoms with Crippen LogP contribution in [0, 0.1) is 5.92 Å². The van der Waals surface area contributed by atoms with E-state index < -0.39 is 0 Å². The van der Waals surface area contributed by atoms with Crippen LogP contribution in [-0.4, -0.2) is 30.1 Å². The van der Waals surface area contributed by atoms with Gasteiger partial charge in [-0.3, -0.25) is 4.90 Å². The molecule has 1 aromatic heterocycles. The zero-order valence-corrected chi connectivity index (χ0v) is 13.9. The standard InChI is InChI=1S/C14H23BrN2S/c1-4-12-7-17(14(6-16-12)10(2)3)8-13-5-11(15)9-18-13/h5,9-10,12,14,16H,4,6-8H2,1-3H3. The molecule has 2 heterocycles. The maximum absolute atomic E-state index is 3.67. The quantitative estimate of drug-likeness (QED) is 0.905. The number of hydrogen-bond donors (Lipinski definition) is 1. The van der Waals surface area contributed by atoms with E-state index in [0.717, 1.165) is 13.1 Å². The molecule has 2 rings (SSSR count). The zero-order chi connectivity index (χ0) is 13.1. The number of nitrogens with one attached hydrogen (secondary N) is 1. The number of rotatable bonds is 4. The lowest BCUT2D eigenvalue weighted by Crippen LogP contribution is -2.57. The second-order valence-corrected chi connectivity index (χ2v) is 7.40. The number of hydrogen-bond acceptors (Lipinski definition) is 3. The first-order valence-electron chi connectivity index (χ1n) is 6.80. The maximum atomic E-state index is 3.67. The Morgan fingerprint density at radius 3 is 2.89 bits per heavy atom. The summed E-state index contributed by atoms with van der Waals surface area (Å²) in [5, 5.41) is 5.85. The van der Waals surface area contributed by atoms with Crippen LogP contribution in [0.25, 0.3) is 0 Å². The van der Waals surface area contributed by atoms with E-state index in [1.54, 1.807) is 0 Å². The van der Waals surface area contributed by atoms with Crippen LogP contribution in [0.4, 0.5) is 0 Å². The van der Waals surface area contributed by atoms with E-state index in [4.69, 9.17) is 0 Å². The van der Waals surface area contributed by atoms with Crippen LogP contribution < -0.4 is 5.32 Å². The smallest absolute Gasteiger partial charge is 0.0332 e. The minimum Gasteiger partial charge on any atom is -0.311 e. The van der Waals surface area contributed by atoms with E-state index in [1.807, 2.05) is 11.3 Å². The van der Waals surface area contributed by atoms with Crippen LogP contribution in [0.15, 0.2) is 15.9 Å². The molecule has 4 heteroatoms. The monoisotopic (exact) mass is 330 g/mol. The highest BCUT2D eigenvalue weighted by atomic mass is 79.9. The molecule has 1 N–H and O–H groups in total. The Morgan fingerprint density at radius 1 is 1.56 bits per heavy atom. The summed E-state index contributed by atoms with van der Waals surface area (Å²) in [6, 6.07) is 3.57. The Morgan fingerprint density at radius 2 is 2.33 bits per heavy atom. The Bertz CT molecular complexity index is 378. The number of nitrogens with zero attached hydrogens (tertiary/aromatic N) is 1. The van der Waals surface area contributed by atoms with Gasteiger partial charge >= 0.3 is 0 Å². The minimum absolute atomic E-state index is 0.656. The van der Waals surface area contributed by atoms with Crippen LogP contribution >= 0.6 is 27.3 Å². The summed E-state index contributed by atoms with van der Waals surface area (Å²) in [6.45, 7) is 10.3. The minimum atomic E-state index is 0.656. The van der Waals surface area contributed by atoms with Crippen molar-refractivity contribution in [1.29, 1.82) is 0 Å². The third-order valence-corrected chi connectivity index (χ3v) is 5.46. The van der Waals surface area contributed by atoms with Gasteiger partial charge in [-0.2, -0.15) is 0 Å². The van der Waals surface area contributed by atoms with Crippen molar-refractivity contribution < 1.29 is 0 Å². The van der Waals surface area contributed by atoms with E-state index in [1.165, 1.54) is 22.3 Å². The molecule has 18 heavy (non-hydrogen) atoms. The van der Waals surface area contributed by atoms with E-state index >= 15 is 0 Å². The molecule has 2 unspecified atom stereocenters. The van der Waals surface area contributed by atoms with Crippen LogP contribution in [0.3, 0.4) is 0 Å². The van der Waals surface area contributed by atoms with Gasteiger partial charge in [-0.15, -0.1) is 11.3 Å². The van der Waals surface area contributed by atoms with Crippen molar-refractivity contribution in [2.45, 2.75) is 45.8 Å². The lowest BCUT2D eigenvalue weighted by molar-refractivity contribution is 0.0910. The topological polar surface area (TPSA) is 15.3 Å².